The van der Waals surface area contributed by atoms with Crippen molar-refractivity contribution in [2.24, 2.45) is 0 Å². The third-order valence-corrected chi connectivity index (χ3v) is 4.70. The van der Waals surface area contributed by atoms with E-state index in [1.54, 1.807) is 36.4 Å². The predicted molar refractivity (Wildman–Crippen MR) is 109 cm³/mol. The van der Waals surface area contributed by atoms with Crippen LogP contribution in [0.15, 0.2) is 60.7 Å². The number of rotatable bonds is 5. The first kappa shape index (κ1) is 18.5. The van der Waals surface area contributed by atoms with Crippen LogP contribution in [0.2, 0.25) is 5.02 Å². The minimum Gasteiger partial charge on any atom is -0.487 e. The van der Waals surface area contributed by atoms with Gasteiger partial charge in [-0.15, -0.1) is 0 Å². The van der Waals surface area contributed by atoms with E-state index in [9.17, 15) is 10.1 Å². The van der Waals surface area contributed by atoms with Crippen molar-refractivity contribution in [1.82, 2.24) is 9.97 Å². The van der Waals surface area contributed by atoms with Crippen molar-refractivity contribution >= 4 is 28.3 Å². The van der Waals surface area contributed by atoms with Gasteiger partial charge in [0, 0.05) is 23.3 Å². The molecule has 0 aliphatic heterocycles. The minimum absolute atomic E-state index is 0.00729. The van der Waals surface area contributed by atoms with Crippen LogP contribution >= 0.6 is 11.6 Å². The summed E-state index contributed by atoms with van der Waals surface area (Å²) in [6.07, 6.45) is 0. The summed E-state index contributed by atoms with van der Waals surface area (Å²) >= 11 is 6.36. The summed E-state index contributed by atoms with van der Waals surface area (Å²) < 4.78 is 5.77. The second-order valence-corrected chi connectivity index (χ2v) is 6.65. The molecule has 4 rings (SSSR count). The molecule has 0 radical (unpaired) electrons. The van der Waals surface area contributed by atoms with Crippen LogP contribution in [-0.4, -0.2) is 14.9 Å². The fraction of sp³-hybridized carbons (Fsp3) is 0.0476. The lowest BCUT2D eigenvalue weighted by Crippen LogP contribution is -1.98. The summed E-state index contributed by atoms with van der Waals surface area (Å²) in [5.41, 5.74) is 3.23. The van der Waals surface area contributed by atoms with E-state index in [0.717, 1.165) is 11.1 Å². The second kappa shape index (κ2) is 7.62. The Morgan fingerprint density at radius 3 is 2.76 bits per heavy atom. The zero-order valence-electron chi connectivity index (χ0n) is 14.9. The number of nitriles is 1. The third-order valence-electron chi connectivity index (χ3n) is 4.40. The van der Waals surface area contributed by atoms with Crippen molar-refractivity contribution in [1.29, 1.82) is 5.26 Å². The number of benzene rings is 3. The molecule has 4 aromatic rings. The molecule has 0 aliphatic rings. The molecular weight excluding hydrogens is 392 g/mol. The highest BCUT2D eigenvalue weighted by molar-refractivity contribution is 6.32. The largest absolute Gasteiger partial charge is 0.487 e. The molecule has 142 valence electrons. The van der Waals surface area contributed by atoms with Crippen molar-refractivity contribution in [2.45, 2.75) is 6.61 Å². The summed E-state index contributed by atoms with van der Waals surface area (Å²) in [5, 5.41) is 20.5. The maximum absolute atomic E-state index is 10.9. The van der Waals surface area contributed by atoms with Crippen LogP contribution in [-0.2, 0) is 6.61 Å². The Balaban J connectivity index is 1.58. The molecule has 0 unspecified atom stereocenters. The fourth-order valence-corrected chi connectivity index (χ4v) is 3.16. The molecule has 0 fully saturated rings. The van der Waals surface area contributed by atoms with Crippen molar-refractivity contribution in [3.05, 3.63) is 86.9 Å². The monoisotopic (exact) mass is 404 g/mol. The van der Waals surface area contributed by atoms with Crippen LogP contribution in [0.1, 0.15) is 11.1 Å². The highest BCUT2D eigenvalue weighted by atomic mass is 35.5. The van der Waals surface area contributed by atoms with Crippen molar-refractivity contribution in [3.63, 3.8) is 0 Å². The molecule has 1 heterocycles. The molecule has 3 aromatic carbocycles. The molecular formula is C21H13ClN4O3. The average molecular weight is 405 g/mol. The molecule has 0 aliphatic carbocycles. The van der Waals surface area contributed by atoms with Gasteiger partial charge < -0.3 is 9.72 Å². The summed E-state index contributed by atoms with van der Waals surface area (Å²) in [4.78, 5) is 18.0. The molecule has 0 spiro atoms. The number of nitro benzene ring substituents is 1. The smallest absolute Gasteiger partial charge is 0.271 e. The first-order valence-corrected chi connectivity index (χ1v) is 8.98. The number of halogens is 1. The lowest BCUT2D eigenvalue weighted by Gasteiger charge is -2.10. The van der Waals surface area contributed by atoms with Crippen LogP contribution in [0.4, 0.5) is 5.69 Å². The van der Waals surface area contributed by atoms with Crippen molar-refractivity contribution in [2.75, 3.05) is 0 Å². The highest BCUT2D eigenvalue weighted by Crippen LogP contribution is 2.31. The third kappa shape index (κ3) is 3.74. The molecule has 7 nitrogen and oxygen atoms in total. The number of nitrogens with one attached hydrogen (secondary N) is 1. The lowest BCUT2D eigenvalue weighted by molar-refractivity contribution is -0.384. The topological polar surface area (TPSA) is 105 Å². The minimum atomic E-state index is -0.451. The number of imidazole rings is 1. The van der Waals surface area contributed by atoms with Gasteiger partial charge in [-0.25, -0.2) is 4.98 Å². The second-order valence-electron chi connectivity index (χ2n) is 6.25. The molecule has 8 heteroatoms. The Bertz CT molecular complexity index is 1280. The summed E-state index contributed by atoms with van der Waals surface area (Å²) in [6.45, 7) is 0.219. The Morgan fingerprint density at radius 2 is 2.00 bits per heavy atom. The van der Waals surface area contributed by atoms with E-state index in [-0.39, 0.29) is 12.3 Å². The number of hydrogen-bond donors (Lipinski definition) is 1. The number of ether oxygens (including phenoxy) is 1. The van der Waals surface area contributed by atoms with E-state index < -0.39 is 4.92 Å². The maximum atomic E-state index is 10.9. The van der Waals surface area contributed by atoms with Crippen LogP contribution in [0.5, 0.6) is 5.75 Å². The Labute approximate surface area is 170 Å². The van der Waals surface area contributed by atoms with E-state index >= 15 is 0 Å². The van der Waals surface area contributed by atoms with E-state index in [1.165, 1.54) is 12.1 Å². The Morgan fingerprint density at radius 1 is 1.17 bits per heavy atom. The number of non-ortho nitro benzene ring substituents is 1. The number of nitro groups is 1. The van der Waals surface area contributed by atoms with Gasteiger partial charge in [-0.2, -0.15) is 5.26 Å². The average Bonchev–Trinajstić information content (AvgIpc) is 3.16. The zero-order chi connectivity index (χ0) is 20.4. The van der Waals surface area contributed by atoms with Crippen molar-refractivity contribution < 1.29 is 9.66 Å². The highest BCUT2D eigenvalue weighted by Gasteiger charge is 2.12. The number of aromatic amines is 1. The summed E-state index contributed by atoms with van der Waals surface area (Å²) in [7, 11) is 0. The van der Waals surface area contributed by atoms with Gasteiger partial charge in [-0.3, -0.25) is 10.1 Å². The van der Waals surface area contributed by atoms with Gasteiger partial charge >= 0.3 is 0 Å². The van der Waals surface area contributed by atoms with Crippen LogP contribution in [0.3, 0.4) is 0 Å². The number of nitrogens with zero attached hydrogens (tertiary/aromatic N) is 3. The van der Waals surface area contributed by atoms with Crippen molar-refractivity contribution in [3.8, 4) is 23.2 Å². The standard InChI is InChI=1S/C21H13ClN4O3/c22-17-9-13(21-24-18-7-6-16(26(27)28)10-19(18)25-21)5-8-20(17)29-12-15-4-2-1-3-14(15)11-23/h1-10H,12H2,(H,24,25). The first-order valence-electron chi connectivity index (χ1n) is 8.60. The van der Waals surface area contributed by atoms with E-state index in [2.05, 4.69) is 16.0 Å². The van der Waals surface area contributed by atoms with Gasteiger partial charge in [0.1, 0.15) is 18.2 Å². The Hall–Kier alpha value is -3.89. The maximum Gasteiger partial charge on any atom is 0.271 e. The fourth-order valence-electron chi connectivity index (χ4n) is 2.92. The van der Waals surface area contributed by atoms with Gasteiger partial charge in [0.15, 0.2) is 0 Å². The van der Waals surface area contributed by atoms with E-state index in [1.807, 2.05) is 12.1 Å². The van der Waals surface area contributed by atoms with Gasteiger partial charge in [-0.1, -0.05) is 29.8 Å². The molecule has 0 bridgehead atoms. The van der Waals surface area contributed by atoms with Crippen LogP contribution in [0, 0.1) is 21.4 Å². The molecule has 1 aromatic heterocycles. The Kier molecular flexibility index (Phi) is 4.85. The van der Waals surface area contributed by atoms with Gasteiger partial charge in [-0.05, 0) is 30.3 Å². The van der Waals surface area contributed by atoms with E-state index in [4.69, 9.17) is 21.6 Å². The van der Waals surface area contributed by atoms with Gasteiger partial charge in [0.05, 0.1) is 32.6 Å². The number of hydrogen-bond acceptors (Lipinski definition) is 5. The quantitative estimate of drug-likeness (QED) is 0.361. The van der Waals surface area contributed by atoms with Gasteiger partial charge in [0.25, 0.3) is 5.69 Å². The number of aromatic nitrogens is 2. The molecule has 0 atom stereocenters. The summed E-state index contributed by atoms with van der Waals surface area (Å²) in [5.74, 6) is 1.03. The normalized spacial score (nSPS) is 10.6. The molecule has 1 N–H and O–H groups in total. The zero-order valence-corrected chi connectivity index (χ0v) is 15.7. The van der Waals surface area contributed by atoms with Gasteiger partial charge in [0.2, 0.25) is 0 Å². The molecule has 29 heavy (non-hydrogen) atoms. The van der Waals surface area contributed by atoms with Crippen LogP contribution in [0.25, 0.3) is 22.4 Å². The predicted octanol–water partition coefficient (Wildman–Crippen LogP) is 5.24. The number of fused-ring (bicyclic) bond motifs is 1. The molecule has 0 saturated carbocycles. The summed E-state index contributed by atoms with van der Waals surface area (Å²) in [6, 6.07) is 19.0. The van der Waals surface area contributed by atoms with Crippen LogP contribution < -0.4 is 4.74 Å². The number of H-pyrrole nitrogens is 1. The SMILES string of the molecule is N#Cc1ccccc1COc1ccc(-c2nc3ccc([N+](=O)[O-])cc3[nH]2)cc1Cl. The molecule has 0 saturated heterocycles. The lowest BCUT2D eigenvalue weighted by atomic mass is 10.1. The molecule has 0 amide bonds. The van der Waals surface area contributed by atoms with E-state index in [0.29, 0.717) is 33.2 Å². The first-order chi connectivity index (χ1) is 14.0.